The maximum atomic E-state index is 9.88. The van der Waals surface area contributed by atoms with E-state index < -0.39 is 6.10 Å². The van der Waals surface area contributed by atoms with Gasteiger partial charge >= 0.3 is 0 Å². The number of pyridine rings is 1. The van der Waals surface area contributed by atoms with Gasteiger partial charge in [0.2, 0.25) is 0 Å². The normalized spacial score (nSPS) is 20.1. The number of anilines is 1. The summed E-state index contributed by atoms with van der Waals surface area (Å²) in [5.41, 5.74) is 2.31. The Morgan fingerprint density at radius 1 is 1.20 bits per heavy atom. The van der Waals surface area contributed by atoms with E-state index in [1.165, 1.54) is 5.56 Å². The topological polar surface area (TPSA) is 36.4 Å². The van der Waals surface area contributed by atoms with E-state index in [4.69, 9.17) is 0 Å². The first-order chi connectivity index (χ1) is 9.75. The number of aromatic nitrogens is 1. The van der Waals surface area contributed by atoms with Gasteiger partial charge in [0.25, 0.3) is 0 Å². The van der Waals surface area contributed by atoms with Crippen molar-refractivity contribution in [1.29, 1.82) is 0 Å². The molecule has 1 unspecified atom stereocenters. The lowest BCUT2D eigenvalue weighted by atomic mass is 9.99. The fourth-order valence-corrected chi connectivity index (χ4v) is 2.95. The third kappa shape index (κ3) is 2.54. The largest absolute Gasteiger partial charge is 0.389 e. The maximum absolute atomic E-state index is 9.88. The first kappa shape index (κ1) is 13.1. The Morgan fingerprint density at radius 2 is 2.00 bits per heavy atom. The van der Waals surface area contributed by atoms with Gasteiger partial charge in [-0.05, 0) is 25.0 Å². The van der Waals surface area contributed by atoms with Crippen LogP contribution in [0.15, 0.2) is 48.7 Å². The molecule has 104 valence electrons. The quantitative estimate of drug-likeness (QED) is 0.929. The van der Waals surface area contributed by atoms with Crippen molar-refractivity contribution in [1.82, 2.24) is 4.98 Å². The van der Waals surface area contributed by atoms with Crippen LogP contribution in [-0.4, -0.2) is 23.2 Å². The Morgan fingerprint density at radius 3 is 2.75 bits per heavy atom. The van der Waals surface area contributed by atoms with E-state index in [0.717, 1.165) is 30.9 Å². The van der Waals surface area contributed by atoms with Crippen LogP contribution in [0, 0.1) is 0 Å². The fraction of sp³-hybridized carbons (Fsp3) is 0.353. The van der Waals surface area contributed by atoms with Crippen molar-refractivity contribution < 1.29 is 5.11 Å². The molecular weight excluding hydrogens is 248 g/mol. The van der Waals surface area contributed by atoms with Gasteiger partial charge in [-0.15, -0.1) is 0 Å². The monoisotopic (exact) mass is 268 g/mol. The minimum Gasteiger partial charge on any atom is -0.389 e. The molecule has 1 N–H and O–H groups in total. The third-order valence-electron chi connectivity index (χ3n) is 4.03. The molecule has 0 radical (unpaired) electrons. The molecule has 1 aliphatic heterocycles. The van der Waals surface area contributed by atoms with Gasteiger partial charge in [0.1, 0.15) is 5.82 Å². The Balaban J connectivity index is 1.81. The molecule has 2 aromatic rings. The molecule has 1 aromatic carbocycles. The van der Waals surface area contributed by atoms with Crippen molar-refractivity contribution in [3.8, 4) is 0 Å². The van der Waals surface area contributed by atoms with Crippen LogP contribution >= 0.6 is 0 Å². The molecule has 0 spiro atoms. The molecule has 3 rings (SSSR count). The molecule has 1 aliphatic rings. The van der Waals surface area contributed by atoms with E-state index in [9.17, 15) is 5.11 Å². The summed E-state index contributed by atoms with van der Waals surface area (Å²) in [5.74, 6) is 1.49. The molecule has 2 atom stereocenters. The molecule has 0 aliphatic carbocycles. The Kier molecular flexibility index (Phi) is 3.70. The van der Waals surface area contributed by atoms with E-state index in [1.807, 2.05) is 12.1 Å². The summed E-state index contributed by atoms with van der Waals surface area (Å²) in [7, 11) is 0. The summed E-state index contributed by atoms with van der Waals surface area (Å²) >= 11 is 0. The van der Waals surface area contributed by atoms with Gasteiger partial charge in [0.05, 0.1) is 6.10 Å². The van der Waals surface area contributed by atoms with Gasteiger partial charge in [-0.1, -0.05) is 36.4 Å². The summed E-state index contributed by atoms with van der Waals surface area (Å²) in [4.78, 5) is 6.77. The van der Waals surface area contributed by atoms with Gasteiger partial charge in [0.15, 0.2) is 0 Å². The Bertz CT molecular complexity index is 568. The summed E-state index contributed by atoms with van der Waals surface area (Å²) in [6.07, 6.45) is 2.46. The standard InChI is InChI=1S/C17H20N2O/c1-13(20)16-8-5-10-18-17(16)19-11-9-15(12-19)14-6-3-2-4-7-14/h2-8,10,13,15,20H,9,11-12H2,1H3/t13-,15?/m1/s1. The Hall–Kier alpha value is -1.87. The second-order valence-electron chi connectivity index (χ2n) is 5.43. The lowest BCUT2D eigenvalue weighted by molar-refractivity contribution is 0.199. The minimum absolute atomic E-state index is 0.477. The summed E-state index contributed by atoms with van der Waals surface area (Å²) < 4.78 is 0. The first-order valence-electron chi connectivity index (χ1n) is 7.18. The van der Waals surface area contributed by atoms with Crippen molar-refractivity contribution in [3.05, 3.63) is 59.8 Å². The van der Waals surface area contributed by atoms with Gasteiger partial charge in [-0.25, -0.2) is 4.98 Å². The number of rotatable bonds is 3. The van der Waals surface area contributed by atoms with Crippen LogP contribution in [0.25, 0.3) is 0 Å². The van der Waals surface area contributed by atoms with Gasteiger partial charge in [0, 0.05) is 30.8 Å². The molecule has 3 nitrogen and oxygen atoms in total. The predicted octanol–water partition coefficient (Wildman–Crippen LogP) is 3.13. The molecule has 0 amide bonds. The van der Waals surface area contributed by atoms with Crippen LogP contribution in [0.2, 0.25) is 0 Å². The fourth-order valence-electron chi connectivity index (χ4n) is 2.95. The third-order valence-corrected chi connectivity index (χ3v) is 4.03. The predicted molar refractivity (Wildman–Crippen MR) is 80.9 cm³/mol. The van der Waals surface area contributed by atoms with E-state index in [2.05, 4.69) is 40.2 Å². The number of hydrogen-bond acceptors (Lipinski definition) is 3. The molecule has 20 heavy (non-hydrogen) atoms. The van der Waals surface area contributed by atoms with Crippen molar-refractivity contribution in [2.45, 2.75) is 25.4 Å². The number of nitrogens with zero attached hydrogens (tertiary/aromatic N) is 2. The van der Waals surface area contributed by atoms with Crippen LogP contribution in [0.5, 0.6) is 0 Å². The number of aliphatic hydroxyl groups excluding tert-OH is 1. The van der Waals surface area contributed by atoms with Crippen LogP contribution in [0.1, 0.15) is 36.5 Å². The summed E-state index contributed by atoms with van der Waals surface area (Å²) in [6.45, 7) is 3.77. The van der Waals surface area contributed by atoms with Crippen LogP contribution in [0.4, 0.5) is 5.82 Å². The number of hydrogen-bond donors (Lipinski definition) is 1. The highest BCUT2D eigenvalue weighted by Gasteiger charge is 2.26. The molecule has 1 saturated heterocycles. The van der Waals surface area contributed by atoms with Crippen molar-refractivity contribution >= 4 is 5.82 Å². The molecule has 3 heteroatoms. The van der Waals surface area contributed by atoms with Crippen molar-refractivity contribution in [2.75, 3.05) is 18.0 Å². The summed E-state index contributed by atoms with van der Waals surface area (Å²) in [6, 6.07) is 14.5. The Labute approximate surface area is 119 Å². The first-order valence-corrected chi connectivity index (χ1v) is 7.18. The SMILES string of the molecule is C[C@@H](O)c1cccnc1N1CCC(c2ccccc2)C1. The highest BCUT2D eigenvalue weighted by atomic mass is 16.3. The van der Waals surface area contributed by atoms with E-state index >= 15 is 0 Å². The number of aliphatic hydroxyl groups is 1. The summed E-state index contributed by atoms with van der Waals surface area (Å²) in [5, 5.41) is 9.88. The average Bonchev–Trinajstić information content (AvgIpc) is 2.98. The second kappa shape index (κ2) is 5.63. The molecule has 2 heterocycles. The second-order valence-corrected chi connectivity index (χ2v) is 5.43. The van der Waals surface area contributed by atoms with Crippen LogP contribution in [-0.2, 0) is 0 Å². The zero-order valence-electron chi connectivity index (χ0n) is 11.7. The maximum Gasteiger partial charge on any atom is 0.134 e. The molecule has 0 saturated carbocycles. The van der Waals surface area contributed by atoms with Gasteiger partial charge in [-0.3, -0.25) is 0 Å². The van der Waals surface area contributed by atoms with Crippen molar-refractivity contribution in [3.63, 3.8) is 0 Å². The van der Waals surface area contributed by atoms with Crippen molar-refractivity contribution in [2.24, 2.45) is 0 Å². The minimum atomic E-state index is -0.477. The molecule has 0 bridgehead atoms. The molecule has 1 fully saturated rings. The average molecular weight is 268 g/mol. The highest BCUT2D eigenvalue weighted by molar-refractivity contribution is 5.49. The zero-order chi connectivity index (χ0) is 13.9. The van der Waals surface area contributed by atoms with Crippen LogP contribution in [0.3, 0.4) is 0 Å². The van der Waals surface area contributed by atoms with E-state index in [0.29, 0.717) is 5.92 Å². The van der Waals surface area contributed by atoms with Crippen LogP contribution < -0.4 is 4.90 Å². The zero-order valence-corrected chi connectivity index (χ0v) is 11.7. The lowest BCUT2D eigenvalue weighted by Gasteiger charge is -2.21. The molecular formula is C17H20N2O. The van der Waals surface area contributed by atoms with E-state index in [1.54, 1.807) is 13.1 Å². The smallest absolute Gasteiger partial charge is 0.134 e. The highest BCUT2D eigenvalue weighted by Crippen LogP contribution is 2.32. The van der Waals surface area contributed by atoms with Gasteiger partial charge < -0.3 is 10.0 Å². The molecule has 1 aromatic heterocycles. The van der Waals surface area contributed by atoms with Gasteiger partial charge in [-0.2, -0.15) is 0 Å². The van der Waals surface area contributed by atoms with E-state index in [-0.39, 0.29) is 0 Å². The lowest BCUT2D eigenvalue weighted by Crippen LogP contribution is -2.22. The number of benzene rings is 1.